The van der Waals surface area contributed by atoms with E-state index in [1.54, 1.807) is 30.3 Å². The highest BCUT2D eigenvalue weighted by atomic mass is 32.1. The van der Waals surface area contributed by atoms with Gasteiger partial charge in [0.1, 0.15) is 17.2 Å². The van der Waals surface area contributed by atoms with Gasteiger partial charge in [0.2, 0.25) is 0 Å². The van der Waals surface area contributed by atoms with Gasteiger partial charge in [-0.3, -0.25) is 19.8 Å². The Kier molecular flexibility index (Phi) is 4.93. The van der Waals surface area contributed by atoms with Gasteiger partial charge in [0.05, 0.1) is 17.6 Å². The number of benzene rings is 1. The van der Waals surface area contributed by atoms with E-state index < -0.39 is 4.92 Å². The molecule has 0 spiro atoms. The number of rotatable bonds is 5. The summed E-state index contributed by atoms with van der Waals surface area (Å²) in [5, 5.41) is 14.2. The van der Waals surface area contributed by atoms with E-state index in [0.717, 1.165) is 12.8 Å². The zero-order valence-corrected chi connectivity index (χ0v) is 15.6. The first-order valence-electron chi connectivity index (χ1n) is 8.82. The summed E-state index contributed by atoms with van der Waals surface area (Å²) in [5.41, 5.74) is 0.889. The molecule has 1 atom stereocenters. The highest BCUT2D eigenvalue weighted by Crippen LogP contribution is 2.27. The molecule has 2 aromatic rings. The maximum Gasteiger partial charge on any atom is 0.276 e. The van der Waals surface area contributed by atoms with Gasteiger partial charge in [-0.05, 0) is 37.2 Å². The summed E-state index contributed by atoms with van der Waals surface area (Å²) in [4.78, 5) is 24.6. The number of carbonyl (C=O) groups excluding carboxylic acids is 1. The van der Waals surface area contributed by atoms with Crippen LogP contribution in [-0.2, 0) is 9.53 Å². The third-order valence-corrected chi connectivity index (χ3v) is 4.95. The Hall–Kier alpha value is -3.04. The molecule has 0 unspecified atom stereocenters. The molecule has 8 nitrogen and oxygen atoms in total. The van der Waals surface area contributed by atoms with Crippen LogP contribution in [0.25, 0.3) is 17.4 Å². The van der Waals surface area contributed by atoms with Crippen molar-refractivity contribution in [1.29, 1.82) is 0 Å². The third kappa shape index (κ3) is 3.67. The highest BCUT2D eigenvalue weighted by Gasteiger charge is 2.33. The minimum atomic E-state index is -0.458. The van der Waals surface area contributed by atoms with Crippen LogP contribution in [0.15, 0.2) is 46.5 Å². The van der Waals surface area contributed by atoms with Crippen molar-refractivity contribution in [2.45, 2.75) is 18.9 Å². The van der Waals surface area contributed by atoms with E-state index in [-0.39, 0.29) is 17.7 Å². The molecule has 3 heterocycles. The van der Waals surface area contributed by atoms with Crippen molar-refractivity contribution < 1.29 is 18.9 Å². The summed E-state index contributed by atoms with van der Waals surface area (Å²) in [7, 11) is 0. The molecular formula is C19H17N3O5S. The number of hydrogen-bond donors (Lipinski definition) is 1. The van der Waals surface area contributed by atoms with Gasteiger partial charge in [-0.1, -0.05) is 12.1 Å². The van der Waals surface area contributed by atoms with E-state index in [9.17, 15) is 14.9 Å². The molecule has 2 fully saturated rings. The number of thiocarbonyl (C=S) groups is 1. The van der Waals surface area contributed by atoms with Gasteiger partial charge in [-0.2, -0.15) is 0 Å². The lowest BCUT2D eigenvalue weighted by Crippen LogP contribution is -2.37. The van der Waals surface area contributed by atoms with Gasteiger partial charge in [0, 0.05) is 30.4 Å². The molecule has 1 aromatic carbocycles. The van der Waals surface area contributed by atoms with Crippen LogP contribution in [-0.4, -0.2) is 40.1 Å². The highest BCUT2D eigenvalue weighted by molar-refractivity contribution is 7.80. The molecular weight excluding hydrogens is 382 g/mol. The van der Waals surface area contributed by atoms with Crippen LogP contribution in [0, 0.1) is 10.1 Å². The normalized spacial score (nSPS) is 20.8. The molecule has 9 heteroatoms. The topological polar surface area (TPSA) is 97.8 Å². The van der Waals surface area contributed by atoms with Gasteiger partial charge < -0.3 is 14.5 Å². The summed E-state index contributed by atoms with van der Waals surface area (Å²) in [6.07, 6.45) is 3.48. The first kappa shape index (κ1) is 18.3. The van der Waals surface area contributed by atoms with Crippen LogP contribution in [0.5, 0.6) is 0 Å². The second-order valence-electron chi connectivity index (χ2n) is 6.55. The number of nitro benzene ring substituents is 1. The van der Waals surface area contributed by atoms with E-state index in [4.69, 9.17) is 21.4 Å². The van der Waals surface area contributed by atoms with Crippen LogP contribution in [0.1, 0.15) is 18.6 Å². The van der Waals surface area contributed by atoms with Crippen molar-refractivity contribution >= 4 is 35.0 Å². The summed E-state index contributed by atoms with van der Waals surface area (Å²) in [6.45, 7) is 1.14. The lowest BCUT2D eigenvalue weighted by atomic mass is 10.1. The van der Waals surface area contributed by atoms with Crippen molar-refractivity contribution in [3.8, 4) is 11.3 Å². The molecule has 0 aliphatic carbocycles. The molecule has 144 valence electrons. The summed E-state index contributed by atoms with van der Waals surface area (Å²) >= 11 is 5.27. The largest absolute Gasteiger partial charge is 0.457 e. The molecule has 0 saturated carbocycles. The number of amides is 1. The Balaban J connectivity index is 1.52. The number of nitro groups is 1. The number of ether oxygens (including phenoxy) is 1. The monoisotopic (exact) mass is 399 g/mol. The Labute approximate surface area is 165 Å². The zero-order valence-electron chi connectivity index (χ0n) is 14.8. The lowest BCUT2D eigenvalue weighted by Gasteiger charge is -2.18. The zero-order chi connectivity index (χ0) is 19.7. The fourth-order valence-electron chi connectivity index (χ4n) is 3.23. The van der Waals surface area contributed by atoms with E-state index >= 15 is 0 Å². The number of hydrogen-bond acceptors (Lipinski definition) is 6. The SMILES string of the molecule is O=C1/C(=C\c2ccc(-c3cccc([N+](=O)[O-])c3)o2)NC(=S)N1C[C@@H]1CCCO1. The first-order valence-corrected chi connectivity index (χ1v) is 9.23. The number of nitrogens with zero attached hydrogens (tertiary/aromatic N) is 2. The van der Waals surface area contributed by atoms with Gasteiger partial charge >= 0.3 is 0 Å². The molecule has 1 N–H and O–H groups in total. The number of non-ortho nitro benzene ring substituents is 1. The van der Waals surface area contributed by atoms with Gasteiger partial charge in [-0.15, -0.1) is 0 Å². The smallest absolute Gasteiger partial charge is 0.276 e. The average molecular weight is 399 g/mol. The van der Waals surface area contributed by atoms with E-state index in [1.807, 2.05) is 0 Å². The maximum absolute atomic E-state index is 12.6. The quantitative estimate of drug-likeness (QED) is 0.357. The predicted molar refractivity (Wildman–Crippen MR) is 105 cm³/mol. The number of furan rings is 1. The number of nitrogens with one attached hydrogen (secondary N) is 1. The molecule has 0 bridgehead atoms. The minimum absolute atomic E-state index is 0.00661. The van der Waals surface area contributed by atoms with Crippen LogP contribution in [0.2, 0.25) is 0 Å². The summed E-state index contributed by atoms with van der Waals surface area (Å²) in [5.74, 6) is 0.688. The molecule has 2 saturated heterocycles. The van der Waals surface area contributed by atoms with Gasteiger partial charge in [0.25, 0.3) is 11.6 Å². The summed E-state index contributed by atoms with van der Waals surface area (Å²) in [6, 6.07) is 9.57. The molecule has 2 aliphatic heterocycles. The Bertz CT molecular complexity index is 977. The Morgan fingerprint density at radius 2 is 2.21 bits per heavy atom. The van der Waals surface area contributed by atoms with Gasteiger partial charge in [0.15, 0.2) is 5.11 Å². The van der Waals surface area contributed by atoms with E-state index in [1.165, 1.54) is 17.0 Å². The van der Waals surface area contributed by atoms with Crippen LogP contribution >= 0.6 is 12.2 Å². The predicted octanol–water partition coefficient (Wildman–Crippen LogP) is 3.09. The van der Waals surface area contributed by atoms with Gasteiger partial charge in [-0.25, -0.2) is 0 Å². The van der Waals surface area contributed by atoms with E-state index in [0.29, 0.717) is 41.0 Å². The molecule has 1 amide bonds. The molecule has 1 aromatic heterocycles. The fourth-order valence-corrected chi connectivity index (χ4v) is 3.50. The molecule has 2 aliphatic rings. The van der Waals surface area contributed by atoms with Crippen molar-refractivity contribution in [3.63, 3.8) is 0 Å². The lowest BCUT2D eigenvalue weighted by molar-refractivity contribution is -0.384. The molecule has 4 rings (SSSR count). The van der Waals surface area contributed by atoms with E-state index in [2.05, 4.69) is 5.32 Å². The maximum atomic E-state index is 12.6. The average Bonchev–Trinajstić information content (AvgIpc) is 3.41. The van der Waals surface area contributed by atoms with Crippen molar-refractivity contribution in [2.24, 2.45) is 0 Å². The molecule has 0 radical (unpaired) electrons. The first-order chi connectivity index (χ1) is 13.5. The van der Waals surface area contributed by atoms with Crippen LogP contribution in [0.4, 0.5) is 5.69 Å². The second-order valence-corrected chi connectivity index (χ2v) is 6.94. The minimum Gasteiger partial charge on any atom is -0.457 e. The third-order valence-electron chi connectivity index (χ3n) is 4.63. The van der Waals surface area contributed by atoms with Crippen LogP contribution in [0.3, 0.4) is 0 Å². The Morgan fingerprint density at radius 1 is 1.36 bits per heavy atom. The fraction of sp³-hybridized carbons (Fsp3) is 0.263. The number of carbonyl (C=O) groups is 1. The van der Waals surface area contributed by atoms with Crippen LogP contribution < -0.4 is 5.32 Å². The molecule has 28 heavy (non-hydrogen) atoms. The summed E-state index contributed by atoms with van der Waals surface area (Å²) < 4.78 is 11.3. The van der Waals surface area contributed by atoms with Crippen molar-refractivity contribution in [3.05, 3.63) is 58.0 Å². The second kappa shape index (κ2) is 7.53. The standard InChI is InChI=1S/C19H17N3O5S/c23-18-16(20-19(28)21(18)11-15-5-2-8-26-15)10-14-6-7-17(27-14)12-3-1-4-13(9-12)22(24)25/h1,3-4,6-7,9-10,15H,2,5,8,11H2,(H,20,28)/b16-10+/t15-/m0/s1. The van der Waals surface area contributed by atoms with Crippen molar-refractivity contribution in [2.75, 3.05) is 13.2 Å². The van der Waals surface area contributed by atoms with Crippen molar-refractivity contribution in [1.82, 2.24) is 10.2 Å². The Morgan fingerprint density at radius 3 is 2.96 bits per heavy atom.